The Balaban J connectivity index is 2.00. The first-order chi connectivity index (χ1) is 9.51. The summed E-state index contributed by atoms with van der Waals surface area (Å²) in [5.41, 5.74) is 0. The van der Waals surface area contributed by atoms with Gasteiger partial charge in [-0.25, -0.2) is 18.1 Å². The van der Waals surface area contributed by atoms with Gasteiger partial charge >= 0.3 is 0 Å². The molecule has 0 aromatic carbocycles. The Labute approximate surface area is 122 Å². The van der Waals surface area contributed by atoms with Gasteiger partial charge in [-0.2, -0.15) is 5.10 Å². The van der Waals surface area contributed by atoms with Crippen LogP contribution in [-0.4, -0.2) is 29.7 Å². The molecule has 0 amide bonds. The Morgan fingerprint density at radius 1 is 1.40 bits per heavy atom. The lowest BCUT2D eigenvalue weighted by molar-refractivity contribution is 0.579. The molecule has 2 aromatic rings. The van der Waals surface area contributed by atoms with Crippen LogP contribution in [0.25, 0.3) is 0 Å². The van der Waals surface area contributed by atoms with Gasteiger partial charge in [-0.3, -0.25) is 4.68 Å². The first-order valence-electron chi connectivity index (χ1n) is 6.13. The SMILES string of the molecule is CCNCc1cc(S(=O)(=O)NCc2ncn(C)n2)cs1. The molecule has 2 N–H and O–H groups in total. The zero-order chi connectivity index (χ0) is 14.6. The second-order valence-electron chi connectivity index (χ2n) is 4.19. The molecular formula is C11H17N5O2S2. The summed E-state index contributed by atoms with van der Waals surface area (Å²) in [6, 6.07) is 1.68. The minimum atomic E-state index is -3.51. The van der Waals surface area contributed by atoms with Crippen molar-refractivity contribution in [3.05, 3.63) is 28.5 Å². The Morgan fingerprint density at radius 3 is 2.85 bits per heavy atom. The highest BCUT2D eigenvalue weighted by Crippen LogP contribution is 2.19. The molecule has 2 rings (SSSR count). The largest absolute Gasteiger partial charge is 0.312 e. The molecule has 0 bridgehead atoms. The van der Waals surface area contributed by atoms with Gasteiger partial charge in [0.2, 0.25) is 10.0 Å². The standard InChI is InChI=1S/C11H17N5O2S2/c1-3-12-5-9-4-10(7-19-9)20(17,18)14-6-11-13-8-16(2)15-11/h4,7-8,12,14H,3,5-6H2,1-2H3. The molecule has 0 radical (unpaired) electrons. The molecule has 2 aromatic heterocycles. The van der Waals surface area contributed by atoms with Gasteiger partial charge in [-0.05, 0) is 12.6 Å². The lowest BCUT2D eigenvalue weighted by Crippen LogP contribution is -2.23. The lowest BCUT2D eigenvalue weighted by Gasteiger charge is -2.02. The van der Waals surface area contributed by atoms with Gasteiger partial charge in [0.05, 0.1) is 11.4 Å². The number of thiophene rings is 1. The normalized spacial score (nSPS) is 11.9. The second kappa shape index (κ2) is 6.44. The van der Waals surface area contributed by atoms with Crippen molar-refractivity contribution >= 4 is 21.4 Å². The van der Waals surface area contributed by atoms with E-state index in [0.29, 0.717) is 12.4 Å². The van der Waals surface area contributed by atoms with E-state index in [1.54, 1.807) is 18.5 Å². The molecule has 0 fully saturated rings. The highest BCUT2D eigenvalue weighted by atomic mass is 32.2. The molecule has 0 spiro atoms. The summed E-state index contributed by atoms with van der Waals surface area (Å²) in [4.78, 5) is 5.25. The van der Waals surface area contributed by atoms with Crippen LogP contribution in [0.5, 0.6) is 0 Å². The van der Waals surface area contributed by atoms with Gasteiger partial charge in [-0.1, -0.05) is 6.92 Å². The first kappa shape index (κ1) is 15.1. The molecule has 0 aliphatic carbocycles. The van der Waals surface area contributed by atoms with Crippen molar-refractivity contribution in [2.75, 3.05) is 6.54 Å². The number of aryl methyl sites for hydroxylation is 1. The Hall–Kier alpha value is -1.29. The number of rotatable bonds is 7. The summed E-state index contributed by atoms with van der Waals surface area (Å²) in [6.07, 6.45) is 1.53. The Morgan fingerprint density at radius 2 is 2.20 bits per heavy atom. The molecule has 0 saturated carbocycles. The molecule has 0 unspecified atom stereocenters. The van der Waals surface area contributed by atoms with Crippen molar-refractivity contribution in [3.63, 3.8) is 0 Å². The molecular weight excluding hydrogens is 298 g/mol. The fourth-order valence-corrected chi connectivity index (χ4v) is 3.77. The van der Waals surface area contributed by atoms with E-state index in [2.05, 4.69) is 20.1 Å². The van der Waals surface area contributed by atoms with Gasteiger partial charge in [0, 0.05) is 23.8 Å². The van der Waals surface area contributed by atoms with E-state index in [9.17, 15) is 8.42 Å². The molecule has 0 aliphatic rings. The van der Waals surface area contributed by atoms with E-state index in [0.717, 1.165) is 11.4 Å². The average Bonchev–Trinajstić information content (AvgIpc) is 3.03. The third-order valence-electron chi connectivity index (χ3n) is 2.56. The monoisotopic (exact) mass is 315 g/mol. The van der Waals surface area contributed by atoms with Crippen LogP contribution < -0.4 is 10.0 Å². The lowest BCUT2D eigenvalue weighted by atomic mass is 10.4. The molecule has 9 heteroatoms. The molecule has 0 saturated heterocycles. The maximum Gasteiger partial charge on any atom is 0.241 e. The first-order valence-corrected chi connectivity index (χ1v) is 8.50. The summed E-state index contributed by atoms with van der Waals surface area (Å²) in [6.45, 7) is 3.62. The predicted molar refractivity (Wildman–Crippen MR) is 76.7 cm³/mol. The third kappa shape index (κ3) is 3.85. The number of hydrogen-bond acceptors (Lipinski definition) is 6. The predicted octanol–water partition coefficient (Wildman–Crippen LogP) is 0.465. The van der Waals surface area contributed by atoms with Crippen LogP contribution in [0.1, 0.15) is 17.6 Å². The molecule has 0 aliphatic heterocycles. The maximum absolute atomic E-state index is 12.1. The summed E-state index contributed by atoms with van der Waals surface area (Å²) < 4.78 is 28.2. The minimum absolute atomic E-state index is 0.0849. The minimum Gasteiger partial charge on any atom is -0.312 e. The molecule has 0 atom stereocenters. The number of nitrogens with one attached hydrogen (secondary N) is 2. The molecule has 20 heavy (non-hydrogen) atoms. The smallest absolute Gasteiger partial charge is 0.241 e. The van der Waals surface area contributed by atoms with E-state index >= 15 is 0 Å². The van der Waals surface area contributed by atoms with Crippen LogP contribution in [0.2, 0.25) is 0 Å². The van der Waals surface area contributed by atoms with Gasteiger partial charge in [-0.15, -0.1) is 11.3 Å². The van der Waals surface area contributed by atoms with Crippen molar-refractivity contribution in [3.8, 4) is 0 Å². The summed E-state index contributed by atoms with van der Waals surface area (Å²) >= 11 is 1.43. The van der Waals surface area contributed by atoms with Crippen LogP contribution in [0.4, 0.5) is 0 Å². The van der Waals surface area contributed by atoms with Crippen LogP contribution in [0.3, 0.4) is 0 Å². The van der Waals surface area contributed by atoms with Crippen molar-refractivity contribution in [1.82, 2.24) is 24.8 Å². The Bertz CT molecular complexity index is 662. The van der Waals surface area contributed by atoms with E-state index in [4.69, 9.17) is 0 Å². The van der Waals surface area contributed by atoms with Crippen LogP contribution in [-0.2, 0) is 30.2 Å². The summed E-state index contributed by atoms with van der Waals surface area (Å²) in [5.74, 6) is 0.444. The van der Waals surface area contributed by atoms with Crippen molar-refractivity contribution in [2.45, 2.75) is 24.9 Å². The van der Waals surface area contributed by atoms with Gasteiger partial charge in [0.1, 0.15) is 6.33 Å². The van der Waals surface area contributed by atoms with E-state index < -0.39 is 10.0 Å². The van der Waals surface area contributed by atoms with Crippen LogP contribution in [0.15, 0.2) is 22.7 Å². The summed E-state index contributed by atoms with van der Waals surface area (Å²) in [7, 11) is -1.78. The van der Waals surface area contributed by atoms with Gasteiger partial charge in [0.15, 0.2) is 5.82 Å². The summed E-state index contributed by atoms with van der Waals surface area (Å²) in [5, 5.41) is 8.83. The average molecular weight is 315 g/mol. The van der Waals surface area contributed by atoms with Crippen molar-refractivity contribution in [1.29, 1.82) is 0 Å². The fraction of sp³-hybridized carbons (Fsp3) is 0.455. The second-order valence-corrected chi connectivity index (χ2v) is 6.95. The third-order valence-corrected chi connectivity index (χ3v) is 5.02. The topological polar surface area (TPSA) is 88.9 Å². The Kier molecular flexibility index (Phi) is 4.86. The van der Waals surface area contributed by atoms with E-state index in [1.165, 1.54) is 22.3 Å². The zero-order valence-electron chi connectivity index (χ0n) is 11.3. The maximum atomic E-state index is 12.1. The quantitative estimate of drug-likeness (QED) is 0.775. The van der Waals surface area contributed by atoms with Crippen LogP contribution in [0, 0.1) is 0 Å². The van der Waals surface area contributed by atoms with Crippen LogP contribution >= 0.6 is 11.3 Å². The fourth-order valence-electron chi connectivity index (χ4n) is 1.55. The van der Waals surface area contributed by atoms with E-state index in [1.807, 2.05) is 6.92 Å². The number of hydrogen-bond donors (Lipinski definition) is 2. The van der Waals surface area contributed by atoms with Crippen molar-refractivity contribution < 1.29 is 8.42 Å². The number of aromatic nitrogens is 3. The molecule has 2 heterocycles. The van der Waals surface area contributed by atoms with Gasteiger partial charge < -0.3 is 5.32 Å². The highest BCUT2D eigenvalue weighted by molar-refractivity contribution is 7.89. The number of sulfonamides is 1. The van der Waals surface area contributed by atoms with Gasteiger partial charge in [0.25, 0.3) is 0 Å². The molecule has 110 valence electrons. The van der Waals surface area contributed by atoms with E-state index in [-0.39, 0.29) is 11.4 Å². The van der Waals surface area contributed by atoms with Crippen molar-refractivity contribution in [2.24, 2.45) is 7.05 Å². The molecule has 7 nitrogen and oxygen atoms in total. The zero-order valence-corrected chi connectivity index (χ0v) is 13.0. The number of nitrogens with zero attached hydrogens (tertiary/aromatic N) is 3. The highest BCUT2D eigenvalue weighted by Gasteiger charge is 2.16.